The third-order valence-corrected chi connectivity index (χ3v) is 1.98. The molecule has 0 spiro atoms. The summed E-state index contributed by atoms with van der Waals surface area (Å²) in [5.41, 5.74) is 3.07. The van der Waals surface area contributed by atoms with Crippen molar-refractivity contribution in [3.8, 4) is 0 Å². The van der Waals surface area contributed by atoms with E-state index in [1.54, 1.807) is 0 Å². The van der Waals surface area contributed by atoms with Gasteiger partial charge in [-0.2, -0.15) is 0 Å². The fraction of sp³-hybridized carbons (Fsp3) is 0.200. The summed E-state index contributed by atoms with van der Waals surface area (Å²) >= 11 is 0. The van der Waals surface area contributed by atoms with E-state index in [1.807, 2.05) is 18.2 Å². The fourth-order valence-electron chi connectivity index (χ4n) is 1.31. The number of imidazole rings is 1. The molecule has 0 fully saturated rings. The first kappa shape index (κ1) is 7.35. The van der Waals surface area contributed by atoms with Crippen LogP contribution in [0, 0.1) is 6.92 Å². The first-order chi connectivity index (χ1) is 5.81. The predicted molar refractivity (Wildman–Crippen MR) is 49.9 cm³/mol. The SMILES string of the molecule is [CH2]c1cccc2[nH]c(CC)nc12. The summed E-state index contributed by atoms with van der Waals surface area (Å²) in [6.07, 6.45) is 0.939. The summed E-state index contributed by atoms with van der Waals surface area (Å²) in [5, 5.41) is 0. The normalized spacial score (nSPS) is 10.8. The lowest BCUT2D eigenvalue weighted by Gasteiger charge is -1.90. The fourth-order valence-corrected chi connectivity index (χ4v) is 1.31. The number of aromatic nitrogens is 2. The Balaban J connectivity index is 2.74. The second kappa shape index (κ2) is 2.63. The zero-order chi connectivity index (χ0) is 8.55. The van der Waals surface area contributed by atoms with Crippen molar-refractivity contribution in [2.24, 2.45) is 0 Å². The molecule has 1 radical (unpaired) electrons. The lowest BCUT2D eigenvalue weighted by atomic mass is 10.2. The van der Waals surface area contributed by atoms with Crippen molar-refractivity contribution in [3.05, 3.63) is 36.5 Å². The molecule has 1 aromatic heterocycles. The average molecular weight is 159 g/mol. The number of rotatable bonds is 1. The van der Waals surface area contributed by atoms with E-state index in [1.165, 1.54) is 0 Å². The van der Waals surface area contributed by atoms with Crippen molar-refractivity contribution in [2.75, 3.05) is 0 Å². The van der Waals surface area contributed by atoms with Gasteiger partial charge in [0.2, 0.25) is 0 Å². The number of aryl methyl sites for hydroxylation is 1. The molecular formula is C10H11N2. The molecule has 0 aliphatic carbocycles. The molecule has 0 bridgehead atoms. The van der Waals surface area contributed by atoms with E-state index < -0.39 is 0 Å². The van der Waals surface area contributed by atoms with Crippen molar-refractivity contribution in [2.45, 2.75) is 13.3 Å². The van der Waals surface area contributed by atoms with Crippen molar-refractivity contribution < 1.29 is 0 Å². The standard InChI is InChI=1S/C10H11N2/c1-3-9-11-8-6-4-5-7(2)10(8)12-9/h4-6H,2-3H2,1H3,(H,11,12). The van der Waals surface area contributed by atoms with Gasteiger partial charge >= 0.3 is 0 Å². The van der Waals surface area contributed by atoms with Crippen LogP contribution in [0.5, 0.6) is 0 Å². The van der Waals surface area contributed by atoms with Crippen LogP contribution in [0.3, 0.4) is 0 Å². The first-order valence-electron chi connectivity index (χ1n) is 4.11. The highest BCUT2D eigenvalue weighted by atomic mass is 14.9. The van der Waals surface area contributed by atoms with Crippen LogP contribution >= 0.6 is 0 Å². The molecule has 0 saturated carbocycles. The minimum Gasteiger partial charge on any atom is -0.342 e. The van der Waals surface area contributed by atoms with Crippen LogP contribution in [0.15, 0.2) is 18.2 Å². The van der Waals surface area contributed by atoms with Crippen LogP contribution in [0.25, 0.3) is 11.0 Å². The third-order valence-electron chi connectivity index (χ3n) is 1.98. The molecule has 0 amide bonds. The molecule has 61 valence electrons. The van der Waals surface area contributed by atoms with Gasteiger partial charge in [-0.25, -0.2) is 4.98 Å². The molecule has 0 atom stereocenters. The molecule has 2 nitrogen and oxygen atoms in total. The van der Waals surface area contributed by atoms with Crippen molar-refractivity contribution in [1.82, 2.24) is 9.97 Å². The van der Waals surface area contributed by atoms with Crippen LogP contribution in [0.1, 0.15) is 18.3 Å². The zero-order valence-electron chi connectivity index (χ0n) is 7.09. The maximum Gasteiger partial charge on any atom is 0.106 e. The molecule has 12 heavy (non-hydrogen) atoms. The molecule has 2 heteroatoms. The lowest BCUT2D eigenvalue weighted by Crippen LogP contribution is -1.80. The molecule has 1 aromatic carbocycles. The Morgan fingerprint density at radius 1 is 1.50 bits per heavy atom. The Morgan fingerprint density at radius 3 is 3.00 bits per heavy atom. The first-order valence-corrected chi connectivity index (χ1v) is 4.11. The molecule has 2 aromatic rings. The van der Waals surface area contributed by atoms with Crippen LogP contribution in [-0.4, -0.2) is 9.97 Å². The van der Waals surface area contributed by atoms with Gasteiger partial charge in [0.15, 0.2) is 0 Å². The second-order valence-electron chi connectivity index (χ2n) is 2.85. The minimum atomic E-state index is 0.939. The van der Waals surface area contributed by atoms with Crippen molar-refractivity contribution in [1.29, 1.82) is 0 Å². The number of hydrogen-bond donors (Lipinski definition) is 1. The Kier molecular flexibility index (Phi) is 1.61. The van der Waals surface area contributed by atoms with Gasteiger partial charge in [-0.05, 0) is 18.6 Å². The number of benzene rings is 1. The third kappa shape index (κ3) is 0.998. The maximum atomic E-state index is 4.41. The summed E-state index contributed by atoms with van der Waals surface area (Å²) in [5.74, 6) is 1.03. The van der Waals surface area contributed by atoms with Gasteiger partial charge in [0.1, 0.15) is 5.82 Å². The molecular weight excluding hydrogens is 148 g/mol. The molecule has 0 aliphatic rings. The van der Waals surface area contributed by atoms with E-state index >= 15 is 0 Å². The van der Waals surface area contributed by atoms with E-state index in [2.05, 4.69) is 23.8 Å². The van der Waals surface area contributed by atoms with Gasteiger partial charge in [-0.3, -0.25) is 0 Å². The number of para-hydroxylation sites is 1. The van der Waals surface area contributed by atoms with E-state index in [-0.39, 0.29) is 0 Å². The van der Waals surface area contributed by atoms with E-state index in [9.17, 15) is 0 Å². The van der Waals surface area contributed by atoms with Gasteiger partial charge < -0.3 is 4.98 Å². The number of nitrogens with one attached hydrogen (secondary N) is 1. The molecule has 0 aliphatic heterocycles. The predicted octanol–water partition coefficient (Wildman–Crippen LogP) is 2.31. The summed E-state index contributed by atoms with van der Waals surface area (Å²) in [6.45, 7) is 6.00. The number of hydrogen-bond acceptors (Lipinski definition) is 1. The highest BCUT2D eigenvalue weighted by molar-refractivity contribution is 5.79. The summed E-state index contributed by atoms with van der Waals surface area (Å²) in [7, 11) is 0. The molecule has 0 unspecified atom stereocenters. The van der Waals surface area contributed by atoms with Crippen LogP contribution in [0.4, 0.5) is 0 Å². The summed E-state index contributed by atoms with van der Waals surface area (Å²) in [6, 6.07) is 5.99. The molecule has 2 rings (SSSR count). The largest absolute Gasteiger partial charge is 0.342 e. The van der Waals surface area contributed by atoms with Gasteiger partial charge in [-0.1, -0.05) is 19.1 Å². The van der Waals surface area contributed by atoms with E-state index in [0.717, 1.165) is 28.8 Å². The Bertz CT molecular complexity index is 401. The number of fused-ring (bicyclic) bond motifs is 1. The zero-order valence-corrected chi connectivity index (χ0v) is 7.09. The smallest absolute Gasteiger partial charge is 0.106 e. The topological polar surface area (TPSA) is 28.7 Å². The highest BCUT2D eigenvalue weighted by Crippen LogP contribution is 2.15. The minimum absolute atomic E-state index is 0.939. The van der Waals surface area contributed by atoms with Crippen LogP contribution in [-0.2, 0) is 6.42 Å². The van der Waals surface area contributed by atoms with E-state index in [4.69, 9.17) is 0 Å². The number of aromatic amines is 1. The number of H-pyrrole nitrogens is 1. The van der Waals surface area contributed by atoms with Gasteiger partial charge in [0.05, 0.1) is 11.0 Å². The summed E-state index contributed by atoms with van der Waals surface area (Å²) < 4.78 is 0. The quantitative estimate of drug-likeness (QED) is 0.679. The van der Waals surface area contributed by atoms with Gasteiger partial charge in [0, 0.05) is 6.42 Å². The monoisotopic (exact) mass is 159 g/mol. The Labute approximate surface area is 71.6 Å². The molecule has 1 heterocycles. The average Bonchev–Trinajstić information content (AvgIpc) is 2.49. The maximum absolute atomic E-state index is 4.41. The van der Waals surface area contributed by atoms with Crippen LogP contribution in [0.2, 0.25) is 0 Å². The lowest BCUT2D eigenvalue weighted by molar-refractivity contribution is 1.00. The Hall–Kier alpha value is -1.31. The van der Waals surface area contributed by atoms with Crippen LogP contribution < -0.4 is 0 Å². The molecule has 0 saturated heterocycles. The van der Waals surface area contributed by atoms with Gasteiger partial charge in [-0.15, -0.1) is 0 Å². The second-order valence-corrected chi connectivity index (χ2v) is 2.85. The van der Waals surface area contributed by atoms with Crippen molar-refractivity contribution in [3.63, 3.8) is 0 Å². The van der Waals surface area contributed by atoms with E-state index in [0.29, 0.717) is 0 Å². The highest BCUT2D eigenvalue weighted by Gasteiger charge is 2.01. The molecule has 1 N–H and O–H groups in total. The van der Waals surface area contributed by atoms with Gasteiger partial charge in [0.25, 0.3) is 0 Å². The Morgan fingerprint density at radius 2 is 2.33 bits per heavy atom. The summed E-state index contributed by atoms with van der Waals surface area (Å²) in [4.78, 5) is 7.65. The van der Waals surface area contributed by atoms with Crippen molar-refractivity contribution >= 4 is 11.0 Å². The number of nitrogens with zero attached hydrogens (tertiary/aromatic N) is 1.